The molecule has 2 aromatic carbocycles. The molecule has 0 spiro atoms. The lowest BCUT2D eigenvalue weighted by Crippen LogP contribution is -2.24. The van der Waals surface area contributed by atoms with E-state index in [1.807, 2.05) is 32.0 Å². The third kappa shape index (κ3) is 4.92. The monoisotopic (exact) mass is 455 g/mol. The van der Waals surface area contributed by atoms with E-state index in [1.165, 1.54) is 19.2 Å². The summed E-state index contributed by atoms with van der Waals surface area (Å²) in [6, 6.07) is 10.1. The molecule has 1 aromatic heterocycles. The molecule has 1 fully saturated rings. The Bertz CT molecular complexity index is 1130. The van der Waals surface area contributed by atoms with Crippen molar-refractivity contribution in [2.24, 2.45) is 0 Å². The van der Waals surface area contributed by atoms with Crippen LogP contribution < -0.4 is 14.2 Å². The Morgan fingerprint density at radius 3 is 2.58 bits per heavy atom. The predicted octanol–water partition coefficient (Wildman–Crippen LogP) is 4.20. The van der Waals surface area contributed by atoms with Crippen molar-refractivity contribution >= 4 is 5.91 Å². The fourth-order valence-corrected chi connectivity index (χ4v) is 3.83. The Labute approximate surface area is 191 Å². The number of ether oxygens (including phenoxy) is 3. The van der Waals surface area contributed by atoms with E-state index in [-0.39, 0.29) is 29.8 Å². The lowest BCUT2D eigenvalue weighted by atomic mass is 10.1. The van der Waals surface area contributed by atoms with Crippen LogP contribution in [0.3, 0.4) is 0 Å². The Kier molecular flexibility index (Phi) is 6.76. The molecule has 9 heteroatoms. The second-order valence-corrected chi connectivity index (χ2v) is 7.63. The highest BCUT2D eigenvalue weighted by Gasteiger charge is 2.34. The van der Waals surface area contributed by atoms with Gasteiger partial charge in [-0.15, -0.1) is 0 Å². The van der Waals surface area contributed by atoms with Crippen LogP contribution >= 0.6 is 0 Å². The van der Waals surface area contributed by atoms with Crippen LogP contribution in [-0.4, -0.2) is 47.8 Å². The maximum atomic E-state index is 14.0. The first-order valence-corrected chi connectivity index (χ1v) is 10.9. The summed E-state index contributed by atoms with van der Waals surface area (Å²) in [7, 11) is 1.40. The van der Waals surface area contributed by atoms with Gasteiger partial charge in [0.1, 0.15) is 0 Å². The number of carbonyl (C=O) groups excluding carboxylic acids is 1. The maximum absolute atomic E-state index is 14.0. The largest absolute Gasteiger partial charge is 0.494 e. The molecule has 2 heterocycles. The minimum atomic E-state index is -0.509. The fraction of sp³-hybridized carbons (Fsp3) is 0.375. The average Bonchev–Trinajstić information content (AvgIpc) is 3.43. The lowest BCUT2D eigenvalue weighted by Gasteiger charge is -2.18. The smallest absolute Gasteiger partial charge is 0.232 e. The summed E-state index contributed by atoms with van der Waals surface area (Å²) in [5.41, 5.74) is 1.41. The van der Waals surface area contributed by atoms with Gasteiger partial charge in [0.05, 0.1) is 26.2 Å². The molecule has 1 unspecified atom stereocenters. The molecule has 0 saturated carbocycles. The summed E-state index contributed by atoms with van der Waals surface area (Å²) >= 11 is 0. The van der Waals surface area contributed by atoms with Gasteiger partial charge in [-0.1, -0.05) is 11.2 Å². The van der Waals surface area contributed by atoms with Crippen LogP contribution in [0.25, 0.3) is 11.4 Å². The quantitative estimate of drug-likeness (QED) is 0.478. The van der Waals surface area contributed by atoms with Crippen LogP contribution in [0.1, 0.15) is 37.6 Å². The molecule has 0 bridgehead atoms. The molecular weight excluding hydrogens is 429 g/mol. The highest BCUT2D eigenvalue weighted by Crippen LogP contribution is 2.33. The number of amides is 1. The predicted molar refractivity (Wildman–Crippen MR) is 118 cm³/mol. The molecule has 174 valence electrons. The van der Waals surface area contributed by atoms with E-state index in [2.05, 4.69) is 10.1 Å². The van der Waals surface area contributed by atoms with Gasteiger partial charge in [-0.05, 0) is 49.7 Å². The SMILES string of the molecule is CCOc1ccc(CN2CC(c3nc(-c4ccc(OC)c(F)c4)no3)CC2=O)cc1OCC. The summed E-state index contributed by atoms with van der Waals surface area (Å²) in [5.74, 6) is 1.38. The van der Waals surface area contributed by atoms with Crippen LogP contribution in [-0.2, 0) is 11.3 Å². The number of carbonyl (C=O) groups is 1. The van der Waals surface area contributed by atoms with Crippen LogP contribution in [0, 0.1) is 5.82 Å². The van der Waals surface area contributed by atoms with Crippen molar-refractivity contribution in [2.45, 2.75) is 32.7 Å². The topological polar surface area (TPSA) is 86.9 Å². The fourth-order valence-electron chi connectivity index (χ4n) is 3.83. The number of rotatable bonds is 9. The molecule has 0 N–H and O–H groups in total. The molecule has 0 aliphatic carbocycles. The lowest BCUT2D eigenvalue weighted by molar-refractivity contribution is -0.128. The zero-order valence-electron chi connectivity index (χ0n) is 18.8. The van der Waals surface area contributed by atoms with Gasteiger partial charge in [-0.25, -0.2) is 4.39 Å². The third-order valence-electron chi connectivity index (χ3n) is 5.40. The Morgan fingerprint density at radius 2 is 1.85 bits per heavy atom. The zero-order chi connectivity index (χ0) is 23.4. The Hall–Kier alpha value is -3.62. The van der Waals surface area contributed by atoms with Gasteiger partial charge >= 0.3 is 0 Å². The van der Waals surface area contributed by atoms with Crippen LogP contribution in [0.15, 0.2) is 40.9 Å². The first-order valence-electron chi connectivity index (χ1n) is 10.9. The van der Waals surface area contributed by atoms with Crippen molar-refractivity contribution in [3.8, 4) is 28.6 Å². The summed E-state index contributed by atoms with van der Waals surface area (Å²) < 4.78 is 35.7. The van der Waals surface area contributed by atoms with Crippen LogP contribution in [0.2, 0.25) is 0 Å². The van der Waals surface area contributed by atoms with Gasteiger partial charge in [0.15, 0.2) is 23.1 Å². The normalized spacial score (nSPS) is 15.7. The van der Waals surface area contributed by atoms with Crippen molar-refractivity contribution in [1.82, 2.24) is 15.0 Å². The number of likely N-dealkylation sites (tertiary alicyclic amines) is 1. The van der Waals surface area contributed by atoms with Crippen LogP contribution in [0.5, 0.6) is 17.2 Å². The van der Waals surface area contributed by atoms with Crippen molar-refractivity contribution in [3.05, 3.63) is 53.7 Å². The van der Waals surface area contributed by atoms with E-state index < -0.39 is 5.82 Å². The van der Waals surface area contributed by atoms with Gasteiger partial charge in [0.2, 0.25) is 17.6 Å². The summed E-state index contributed by atoms with van der Waals surface area (Å²) in [4.78, 5) is 18.8. The van der Waals surface area contributed by atoms with Gasteiger partial charge < -0.3 is 23.6 Å². The molecular formula is C24H26FN3O5. The minimum Gasteiger partial charge on any atom is -0.494 e. The highest BCUT2D eigenvalue weighted by molar-refractivity contribution is 5.79. The van der Waals surface area contributed by atoms with Crippen molar-refractivity contribution in [1.29, 1.82) is 0 Å². The van der Waals surface area contributed by atoms with Crippen molar-refractivity contribution < 1.29 is 27.9 Å². The van der Waals surface area contributed by atoms with E-state index in [0.717, 1.165) is 5.56 Å². The van der Waals surface area contributed by atoms with E-state index >= 15 is 0 Å². The number of methoxy groups -OCH3 is 1. The Morgan fingerprint density at radius 1 is 1.09 bits per heavy atom. The van der Waals surface area contributed by atoms with Crippen LogP contribution in [0.4, 0.5) is 4.39 Å². The molecule has 1 saturated heterocycles. The van der Waals surface area contributed by atoms with E-state index in [9.17, 15) is 9.18 Å². The third-order valence-corrected chi connectivity index (χ3v) is 5.40. The molecule has 1 amide bonds. The van der Waals surface area contributed by atoms with E-state index in [4.69, 9.17) is 18.7 Å². The molecule has 1 aliphatic heterocycles. The second kappa shape index (κ2) is 9.89. The first-order chi connectivity index (χ1) is 16.0. The number of aromatic nitrogens is 2. The summed E-state index contributed by atoms with van der Waals surface area (Å²) in [6.07, 6.45) is 0.272. The highest BCUT2D eigenvalue weighted by atomic mass is 19.1. The molecule has 8 nitrogen and oxygen atoms in total. The standard InChI is InChI=1S/C24H26FN3O5/c1-4-31-20-8-6-15(10-21(20)32-5-2)13-28-14-17(12-22(28)29)24-26-23(27-33-24)16-7-9-19(30-3)18(25)11-16/h6-11,17H,4-5,12-14H2,1-3H3. The average molecular weight is 455 g/mol. The van der Waals surface area contributed by atoms with Gasteiger partial charge in [0, 0.05) is 25.1 Å². The molecule has 3 aromatic rings. The minimum absolute atomic E-state index is 0.00193. The number of hydrogen-bond acceptors (Lipinski definition) is 7. The summed E-state index contributed by atoms with van der Waals surface area (Å²) in [6.45, 7) is 5.78. The van der Waals surface area contributed by atoms with Gasteiger partial charge in [-0.3, -0.25) is 4.79 Å². The van der Waals surface area contributed by atoms with E-state index in [0.29, 0.717) is 49.3 Å². The van der Waals surface area contributed by atoms with Gasteiger partial charge in [0.25, 0.3) is 0 Å². The number of nitrogens with zero attached hydrogens (tertiary/aromatic N) is 3. The van der Waals surface area contributed by atoms with E-state index in [1.54, 1.807) is 11.0 Å². The Balaban J connectivity index is 1.46. The zero-order valence-corrected chi connectivity index (χ0v) is 18.8. The number of benzene rings is 2. The second-order valence-electron chi connectivity index (χ2n) is 7.63. The molecule has 0 radical (unpaired) electrons. The summed E-state index contributed by atoms with van der Waals surface area (Å²) in [5, 5.41) is 3.97. The van der Waals surface area contributed by atoms with Gasteiger partial charge in [-0.2, -0.15) is 4.98 Å². The number of hydrogen-bond donors (Lipinski definition) is 0. The van der Waals surface area contributed by atoms with Crippen molar-refractivity contribution in [3.63, 3.8) is 0 Å². The molecule has 1 aliphatic rings. The molecule has 4 rings (SSSR count). The molecule has 1 atom stereocenters. The first kappa shape index (κ1) is 22.6. The molecule has 33 heavy (non-hydrogen) atoms. The van der Waals surface area contributed by atoms with Crippen molar-refractivity contribution in [2.75, 3.05) is 26.9 Å². The number of halogens is 1. The maximum Gasteiger partial charge on any atom is 0.232 e.